The first-order valence-corrected chi connectivity index (χ1v) is 14.3. The van der Waals surface area contributed by atoms with Gasteiger partial charge in [-0.2, -0.15) is 4.98 Å². The van der Waals surface area contributed by atoms with Gasteiger partial charge in [-0.1, -0.05) is 55.5 Å². The lowest BCUT2D eigenvalue weighted by Crippen LogP contribution is -2.21. The predicted molar refractivity (Wildman–Crippen MR) is 149 cm³/mol. The molecule has 194 valence electrons. The number of ether oxygens (including phenoxy) is 1. The first-order chi connectivity index (χ1) is 18.2. The molecule has 2 aliphatic rings. The summed E-state index contributed by atoms with van der Waals surface area (Å²) in [5.41, 5.74) is 6.89. The van der Waals surface area contributed by atoms with E-state index in [4.69, 9.17) is 4.74 Å². The number of anilines is 2. The zero-order valence-corrected chi connectivity index (χ0v) is 22.5. The Labute approximate surface area is 223 Å². The highest BCUT2D eigenvalue weighted by Crippen LogP contribution is 2.47. The van der Waals surface area contributed by atoms with Crippen LogP contribution in [0, 0.1) is 13.8 Å². The van der Waals surface area contributed by atoms with Crippen molar-refractivity contribution in [2.24, 2.45) is 0 Å². The first-order valence-electron chi connectivity index (χ1n) is 12.8. The fraction of sp³-hybridized carbons (Fsp3) is 0.267. The van der Waals surface area contributed by atoms with Gasteiger partial charge < -0.3 is 10.1 Å². The highest BCUT2D eigenvalue weighted by molar-refractivity contribution is 7.92. The number of sulfonamides is 1. The minimum Gasteiger partial charge on any atom is -0.467 e. The number of hydrogen-bond acceptors (Lipinski definition) is 6. The minimum absolute atomic E-state index is 0.0326. The van der Waals surface area contributed by atoms with Gasteiger partial charge in [0.05, 0.1) is 17.1 Å². The van der Waals surface area contributed by atoms with Gasteiger partial charge in [-0.25, -0.2) is 18.1 Å². The Hall–Kier alpha value is -3.91. The number of rotatable bonds is 3. The summed E-state index contributed by atoms with van der Waals surface area (Å²) in [4.78, 5) is 9.21. The van der Waals surface area contributed by atoms with E-state index in [2.05, 4.69) is 51.2 Å². The van der Waals surface area contributed by atoms with E-state index < -0.39 is 10.0 Å². The molecular formula is C30H30N4O3S. The maximum Gasteiger partial charge on any atom is 0.264 e. The van der Waals surface area contributed by atoms with Gasteiger partial charge in [0, 0.05) is 17.3 Å². The van der Waals surface area contributed by atoms with Crippen molar-refractivity contribution in [2.45, 2.75) is 50.0 Å². The number of aryl methyl sites for hydroxylation is 2. The summed E-state index contributed by atoms with van der Waals surface area (Å²) >= 11 is 0. The third kappa shape index (κ3) is 4.72. The molecule has 2 N–H and O–H groups in total. The molecule has 38 heavy (non-hydrogen) atoms. The molecule has 7 nitrogen and oxygen atoms in total. The summed E-state index contributed by atoms with van der Waals surface area (Å²) in [5.74, 6) is 0.263. The van der Waals surface area contributed by atoms with Gasteiger partial charge in [0.15, 0.2) is 0 Å². The van der Waals surface area contributed by atoms with E-state index >= 15 is 0 Å². The Bertz CT molecular complexity index is 1610. The van der Waals surface area contributed by atoms with Crippen LogP contribution in [0.2, 0.25) is 0 Å². The molecule has 0 saturated heterocycles. The van der Waals surface area contributed by atoms with E-state index in [1.54, 1.807) is 24.3 Å². The zero-order valence-electron chi connectivity index (χ0n) is 21.7. The van der Waals surface area contributed by atoms with E-state index in [9.17, 15) is 8.42 Å². The van der Waals surface area contributed by atoms with Crippen LogP contribution in [0.1, 0.15) is 48.1 Å². The molecule has 4 aromatic rings. The molecule has 1 atom stereocenters. The van der Waals surface area contributed by atoms with Crippen molar-refractivity contribution in [3.63, 3.8) is 0 Å². The topological polar surface area (TPSA) is 93.2 Å². The van der Waals surface area contributed by atoms with Crippen LogP contribution in [0.25, 0.3) is 11.3 Å². The summed E-state index contributed by atoms with van der Waals surface area (Å²) in [6.07, 6.45) is 2.06. The van der Waals surface area contributed by atoms with Crippen molar-refractivity contribution in [3.05, 3.63) is 95.1 Å². The van der Waals surface area contributed by atoms with Gasteiger partial charge in [0.2, 0.25) is 11.8 Å². The lowest BCUT2D eigenvalue weighted by Gasteiger charge is -2.23. The lowest BCUT2D eigenvalue weighted by atomic mass is 9.96. The molecule has 3 aromatic carbocycles. The fourth-order valence-electron chi connectivity index (χ4n) is 4.99. The SMILES string of the molecule is Cc1cccc(C)c1-c1cc2nc(n1)NS(=O)(=O)c1cccc(c1)NC[C@@H](c1ccc(C3(C)CC3)cc1)O2. The standard InChI is InChI=1S/C30H30N4O3S/c1-19-6-4-7-20(2)28(19)25-17-27-33-29(32-25)34-38(35,36)24-9-5-8-23(16-24)31-18-26(37-27)21-10-12-22(13-11-21)30(3)14-15-30/h4-13,16-17,26,31H,14-15,18H2,1-3H3,(H,32,33,34)/t26-/m0/s1. The van der Waals surface area contributed by atoms with Gasteiger partial charge in [-0.05, 0) is 72.6 Å². The molecule has 2 heterocycles. The lowest BCUT2D eigenvalue weighted by molar-refractivity contribution is 0.210. The largest absolute Gasteiger partial charge is 0.467 e. The molecule has 0 spiro atoms. The Morgan fingerprint density at radius 2 is 1.63 bits per heavy atom. The summed E-state index contributed by atoms with van der Waals surface area (Å²) in [6.45, 7) is 6.73. The Morgan fingerprint density at radius 1 is 0.921 bits per heavy atom. The summed E-state index contributed by atoms with van der Waals surface area (Å²) in [6, 6.07) is 23.1. The second-order valence-electron chi connectivity index (χ2n) is 10.5. The second kappa shape index (κ2) is 9.13. The van der Waals surface area contributed by atoms with Crippen LogP contribution in [0.5, 0.6) is 5.88 Å². The van der Waals surface area contributed by atoms with Crippen molar-refractivity contribution in [3.8, 4) is 17.1 Å². The molecule has 1 aromatic heterocycles. The monoisotopic (exact) mass is 526 g/mol. The normalized spacial score (nSPS) is 19.1. The van der Waals surface area contributed by atoms with Crippen LogP contribution < -0.4 is 14.8 Å². The van der Waals surface area contributed by atoms with Crippen LogP contribution >= 0.6 is 0 Å². The molecule has 1 saturated carbocycles. The van der Waals surface area contributed by atoms with Crippen molar-refractivity contribution in [1.82, 2.24) is 9.97 Å². The molecule has 1 aliphatic heterocycles. The minimum atomic E-state index is -3.92. The van der Waals surface area contributed by atoms with Gasteiger partial charge >= 0.3 is 0 Å². The van der Waals surface area contributed by atoms with Crippen LogP contribution in [-0.4, -0.2) is 24.9 Å². The quantitative estimate of drug-likeness (QED) is 0.332. The fourth-order valence-corrected chi connectivity index (χ4v) is 5.98. The highest BCUT2D eigenvalue weighted by Gasteiger charge is 2.38. The van der Waals surface area contributed by atoms with Crippen molar-refractivity contribution >= 4 is 21.7 Å². The van der Waals surface area contributed by atoms with E-state index in [1.165, 1.54) is 18.4 Å². The van der Waals surface area contributed by atoms with Gasteiger partial charge in [-0.3, -0.25) is 0 Å². The first kappa shape index (κ1) is 24.4. The molecule has 0 radical (unpaired) electrons. The Balaban J connectivity index is 1.47. The predicted octanol–water partition coefficient (Wildman–Crippen LogP) is 6.16. The average Bonchev–Trinajstić information content (AvgIpc) is 3.64. The van der Waals surface area contributed by atoms with Gasteiger partial charge in [0.1, 0.15) is 6.10 Å². The van der Waals surface area contributed by atoms with E-state index in [-0.39, 0.29) is 22.4 Å². The van der Waals surface area contributed by atoms with Crippen LogP contribution in [0.4, 0.5) is 11.6 Å². The third-order valence-corrected chi connectivity index (χ3v) is 8.87. The van der Waals surface area contributed by atoms with E-state index in [0.717, 1.165) is 22.3 Å². The molecule has 4 bridgehead atoms. The maximum absolute atomic E-state index is 13.2. The molecule has 8 heteroatoms. The number of fused-ring (bicyclic) bond motifs is 4. The zero-order chi connectivity index (χ0) is 26.5. The van der Waals surface area contributed by atoms with E-state index in [1.807, 2.05) is 38.1 Å². The number of benzene rings is 3. The highest BCUT2D eigenvalue weighted by atomic mass is 32.2. The average molecular weight is 527 g/mol. The molecule has 1 fully saturated rings. The van der Waals surface area contributed by atoms with Crippen molar-refractivity contribution < 1.29 is 13.2 Å². The molecular weight excluding hydrogens is 496 g/mol. The second-order valence-corrected chi connectivity index (χ2v) is 12.2. The Kier molecular flexibility index (Phi) is 5.87. The van der Waals surface area contributed by atoms with Crippen LogP contribution in [-0.2, 0) is 15.4 Å². The van der Waals surface area contributed by atoms with Crippen molar-refractivity contribution in [1.29, 1.82) is 0 Å². The van der Waals surface area contributed by atoms with Crippen molar-refractivity contribution in [2.75, 3.05) is 16.6 Å². The summed E-state index contributed by atoms with van der Waals surface area (Å²) in [7, 11) is -3.92. The maximum atomic E-state index is 13.2. The number of nitrogens with one attached hydrogen (secondary N) is 2. The van der Waals surface area contributed by atoms with Crippen LogP contribution in [0.3, 0.4) is 0 Å². The summed E-state index contributed by atoms with van der Waals surface area (Å²) < 4.78 is 35.5. The Morgan fingerprint density at radius 3 is 2.34 bits per heavy atom. The number of hydrogen-bond donors (Lipinski definition) is 2. The summed E-state index contributed by atoms with van der Waals surface area (Å²) in [5, 5.41) is 3.36. The smallest absolute Gasteiger partial charge is 0.264 e. The van der Waals surface area contributed by atoms with Crippen LogP contribution in [0.15, 0.2) is 77.7 Å². The van der Waals surface area contributed by atoms with Gasteiger partial charge in [-0.15, -0.1) is 0 Å². The van der Waals surface area contributed by atoms with Gasteiger partial charge in [0.25, 0.3) is 10.0 Å². The molecule has 1 aliphatic carbocycles. The number of aromatic nitrogens is 2. The number of nitrogens with zero attached hydrogens (tertiary/aromatic N) is 2. The molecule has 0 amide bonds. The third-order valence-electron chi connectivity index (χ3n) is 7.54. The molecule has 0 unspecified atom stereocenters. The molecule has 6 rings (SSSR count). The van der Waals surface area contributed by atoms with E-state index in [0.29, 0.717) is 23.8 Å².